The highest BCUT2D eigenvalue weighted by Crippen LogP contribution is 2.32. The summed E-state index contributed by atoms with van der Waals surface area (Å²) in [5, 5.41) is 20.3. The third kappa shape index (κ3) is 9.92. The van der Waals surface area contributed by atoms with Gasteiger partial charge in [-0.2, -0.15) is 0 Å². The number of unbranched alkanes of at least 4 members (excludes halogenated alkanes) is 1. The first-order chi connectivity index (χ1) is 17.2. The summed E-state index contributed by atoms with van der Waals surface area (Å²) in [7, 11) is 0. The molecule has 36 heavy (non-hydrogen) atoms. The highest BCUT2D eigenvalue weighted by molar-refractivity contribution is 5.79. The number of carbonyl (C=O) groups excluding carboxylic acids is 3. The highest BCUT2D eigenvalue weighted by atomic mass is 16.3. The van der Waals surface area contributed by atoms with Gasteiger partial charge in [-0.15, -0.1) is 0 Å². The number of amides is 3. The summed E-state index contributed by atoms with van der Waals surface area (Å²) in [6.45, 7) is 8.14. The first-order valence-electron chi connectivity index (χ1n) is 13.8. The molecule has 0 saturated heterocycles. The monoisotopic (exact) mass is 501 g/mol. The van der Waals surface area contributed by atoms with Crippen LogP contribution in [0.25, 0.3) is 0 Å². The molecule has 1 aromatic carbocycles. The molecule has 202 valence electrons. The van der Waals surface area contributed by atoms with E-state index in [4.69, 9.17) is 0 Å². The molecule has 1 saturated carbocycles. The fourth-order valence-corrected chi connectivity index (χ4v) is 5.29. The van der Waals surface area contributed by atoms with E-state index >= 15 is 0 Å². The Balaban J connectivity index is 2.06. The average Bonchev–Trinajstić information content (AvgIpc) is 2.87. The van der Waals surface area contributed by atoms with E-state index in [1.807, 2.05) is 37.3 Å². The molecule has 0 radical (unpaired) electrons. The second-order valence-electron chi connectivity index (χ2n) is 10.5. The van der Waals surface area contributed by atoms with Crippen LogP contribution in [0.5, 0.6) is 0 Å². The summed E-state index contributed by atoms with van der Waals surface area (Å²) < 4.78 is 0. The molecule has 7 heteroatoms. The molecule has 0 aromatic heterocycles. The third-order valence-corrected chi connectivity index (χ3v) is 7.45. The number of benzene rings is 1. The van der Waals surface area contributed by atoms with Crippen LogP contribution in [0, 0.1) is 17.8 Å². The molecule has 0 spiro atoms. The second kappa shape index (κ2) is 15.6. The molecule has 6 atom stereocenters. The first kappa shape index (κ1) is 29.8. The van der Waals surface area contributed by atoms with Crippen LogP contribution in [0.2, 0.25) is 0 Å². The van der Waals surface area contributed by atoms with Crippen LogP contribution in [0.1, 0.15) is 84.6 Å². The van der Waals surface area contributed by atoms with Crippen LogP contribution >= 0.6 is 0 Å². The van der Waals surface area contributed by atoms with Crippen LogP contribution in [0.4, 0.5) is 0 Å². The van der Waals surface area contributed by atoms with Gasteiger partial charge in [0.1, 0.15) is 0 Å². The SMILES string of the molecule is CCCCNC(=O)[C@H](C)C[C@H](O)[C@H](Cc1ccccc1)NC(=O)[C@@H]1CCC[C@H]([C@H](CC)NC(C)=O)C1. The molecule has 3 amide bonds. The lowest BCUT2D eigenvalue weighted by Crippen LogP contribution is -2.49. The van der Waals surface area contributed by atoms with Crippen molar-refractivity contribution in [1.82, 2.24) is 16.0 Å². The molecule has 0 unspecified atom stereocenters. The fourth-order valence-electron chi connectivity index (χ4n) is 5.29. The fraction of sp³-hybridized carbons (Fsp3) is 0.690. The van der Waals surface area contributed by atoms with Crippen molar-refractivity contribution in [2.24, 2.45) is 17.8 Å². The van der Waals surface area contributed by atoms with Crippen molar-refractivity contribution >= 4 is 17.7 Å². The Kier molecular flexibility index (Phi) is 13.0. The number of aliphatic hydroxyl groups is 1. The van der Waals surface area contributed by atoms with E-state index in [1.54, 1.807) is 0 Å². The van der Waals surface area contributed by atoms with Gasteiger partial charge in [-0.1, -0.05) is 63.9 Å². The Morgan fingerprint density at radius 3 is 2.44 bits per heavy atom. The van der Waals surface area contributed by atoms with Gasteiger partial charge in [-0.3, -0.25) is 14.4 Å². The van der Waals surface area contributed by atoms with Crippen molar-refractivity contribution in [1.29, 1.82) is 0 Å². The molecule has 1 aliphatic rings. The quantitative estimate of drug-likeness (QED) is 0.291. The van der Waals surface area contributed by atoms with Gasteiger partial charge in [-0.25, -0.2) is 0 Å². The minimum atomic E-state index is -0.844. The minimum Gasteiger partial charge on any atom is -0.391 e. The smallest absolute Gasteiger partial charge is 0.223 e. The van der Waals surface area contributed by atoms with Crippen LogP contribution in [-0.2, 0) is 20.8 Å². The van der Waals surface area contributed by atoms with Crippen LogP contribution in [0.15, 0.2) is 30.3 Å². The van der Waals surface area contributed by atoms with Gasteiger partial charge in [-0.05, 0) is 56.4 Å². The maximum absolute atomic E-state index is 13.4. The number of rotatable bonds is 14. The topological polar surface area (TPSA) is 108 Å². The standard InChI is InChI=1S/C29H47N3O4/c1-5-7-16-30-28(35)20(3)17-27(34)26(18-22-12-9-8-10-13-22)32-29(36)24-15-11-14-23(19-24)25(6-2)31-21(4)33/h8-10,12-13,20,23-27,34H,5-7,11,14-19H2,1-4H3,(H,30,35)(H,31,33)(H,32,36)/t20-,23+,24-,25+,26+,27+/m1/s1. The maximum atomic E-state index is 13.4. The Hall–Kier alpha value is -2.41. The van der Waals surface area contributed by atoms with E-state index in [2.05, 4.69) is 29.8 Å². The summed E-state index contributed by atoms with van der Waals surface area (Å²) >= 11 is 0. The van der Waals surface area contributed by atoms with Gasteiger partial charge in [0, 0.05) is 31.3 Å². The molecule has 0 bridgehead atoms. The van der Waals surface area contributed by atoms with Crippen LogP contribution < -0.4 is 16.0 Å². The Morgan fingerprint density at radius 1 is 1.08 bits per heavy atom. The van der Waals surface area contributed by atoms with Gasteiger partial charge in [0.2, 0.25) is 17.7 Å². The van der Waals surface area contributed by atoms with Crippen molar-refractivity contribution in [2.75, 3.05) is 6.54 Å². The molecule has 1 fully saturated rings. The van der Waals surface area contributed by atoms with E-state index in [1.165, 1.54) is 6.92 Å². The predicted octanol–water partition coefficient (Wildman–Crippen LogP) is 3.74. The zero-order valence-corrected chi connectivity index (χ0v) is 22.6. The molecular weight excluding hydrogens is 454 g/mol. The minimum absolute atomic E-state index is 0.0349. The summed E-state index contributed by atoms with van der Waals surface area (Å²) in [6, 6.07) is 9.41. The summed E-state index contributed by atoms with van der Waals surface area (Å²) in [5.74, 6) is -0.371. The zero-order chi connectivity index (χ0) is 26.5. The molecule has 1 aromatic rings. The number of hydrogen-bond donors (Lipinski definition) is 4. The lowest BCUT2D eigenvalue weighted by molar-refractivity contribution is -0.128. The largest absolute Gasteiger partial charge is 0.391 e. The first-order valence-corrected chi connectivity index (χ1v) is 13.8. The molecule has 2 rings (SSSR count). The Morgan fingerprint density at radius 2 is 1.81 bits per heavy atom. The van der Waals surface area contributed by atoms with Gasteiger partial charge in [0.25, 0.3) is 0 Å². The van der Waals surface area contributed by atoms with Crippen molar-refractivity contribution < 1.29 is 19.5 Å². The van der Waals surface area contributed by atoms with Gasteiger partial charge in [0.05, 0.1) is 12.1 Å². The number of carbonyl (C=O) groups is 3. The van der Waals surface area contributed by atoms with E-state index in [0.29, 0.717) is 13.0 Å². The molecule has 4 N–H and O–H groups in total. The summed E-state index contributed by atoms with van der Waals surface area (Å²) in [5.41, 5.74) is 1.03. The van der Waals surface area contributed by atoms with Gasteiger partial charge in [0.15, 0.2) is 0 Å². The Labute approximate surface area is 217 Å². The van der Waals surface area contributed by atoms with Gasteiger partial charge < -0.3 is 21.1 Å². The molecule has 0 aliphatic heterocycles. The van der Waals surface area contributed by atoms with Crippen molar-refractivity contribution in [3.05, 3.63) is 35.9 Å². The number of nitrogens with one attached hydrogen (secondary N) is 3. The van der Waals surface area contributed by atoms with E-state index in [0.717, 1.165) is 50.5 Å². The maximum Gasteiger partial charge on any atom is 0.223 e. The average molecular weight is 502 g/mol. The Bertz CT molecular complexity index is 816. The van der Waals surface area contributed by atoms with E-state index < -0.39 is 12.1 Å². The summed E-state index contributed by atoms with van der Waals surface area (Å²) in [4.78, 5) is 37.5. The van der Waals surface area contributed by atoms with Crippen molar-refractivity contribution in [3.8, 4) is 0 Å². The number of hydrogen-bond acceptors (Lipinski definition) is 4. The van der Waals surface area contributed by atoms with Crippen LogP contribution in [-0.4, -0.2) is 47.6 Å². The van der Waals surface area contributed by atoms with E-state index in [9.17, 15) is 19.5 Å². The third-order valence-electron chi connectivity index (χ3n) is 7.45. The highest BCUT2D eigenvalue weighted by Gasteiger charge is 2.34. The molecular formula is C29H47N3O4. The van der Waals surface area contributed by atoms with E-state index in [-0.39, 0.29) is 47.9 Å². The van der Waals surface area contributed by atoms with Gasteiger partial charge >= 0.3 is 0 Å². The second-order valence-corrected chi connectivity index (χ2v) is 10.5. The lowest BCUT2D eigenvalue weighted by Gasteiger charge is -2.35. The lowest BCUT2D eigenvalue weighted by atomic mass is 9.76. The summed E-state index contributed by atoms with van der Waals surface area (Å²) in [6.07, 6.45) is 6.20. The molecule has 1 aliphatic carbocycles. The molecule has 0 heterocycles. The van der Waals surface area contributed by atoms with Crippen molar-refractivity contribution in [2.45, 2.75) is 104 Å². The molecule has 7 nitrogen and oxygen atoms in total. The van der Waals surface area contributed by atoms with Crippen LogP contribution in [0.3, 0.4) is 0 Å². The number of aliphatic hydroxyl groups excluding tert-OH is 1. The zero-order valence-electron chi connectivity index (χ0n) is 22.6. The predicted molar refractivity (Wildman–Crippen MR) is 143 cm³/mol. The normalized spacial score (nSPS) is 21.0. The van der Waals surface area contributed by atoms with Crippen molar-refractivity contribution in [3.63, 3.8) is 0 Å².